The molecule has 1 aliphatic heterocycles. The number of ether oxygens (including phenoxy) is 1. The molecule has 0 radical (unpaired) electrons. The molecule has 1 aromatic heterocycles. The van der Waals surface area contributed by atoms with Crippen molar-refractivity contribution in [3.05, 3.63) is 22.7 Å². The Bertz CT molecular complexity index is 710. The zero-order valence-corrected chi connectivity index (χ0v) is 15.0. The minimum Gasteiger partial charge on any atom is -0.480 e. The number of hydrogen-bond donors (Lipinski definition) is 3. The van der Waals surface area contributed by atoms with Gasteiger partial charge in [0.1, 0.15) is 24.3 Å². The lowest BCUT2D eigenvalue weighted by atomic mass is 10.1. The number of anilines is 1. The third kappa shape index (κ3) is 5.64. The predicted molar refractivity (Wildman–Crippen MR) is 90.2 cm³/mol. The van der Waals surface area contributed by atoms with Crippen LogP contribution in [0, 0.1) is 5.92 Å². The van der Waals surface area contributed by atoms with Gasteiger partial charge in [0.15, 0.2) is 0 Å². The molecule has 140 valence electrons. The van der Waals surface area contributed by atoms with E-state index in [1.807, 2.05) is 13.8 Å². The van der Waals surface area contributed by atoms with E-state index >= 15 is 0 Å². The fraction of sp³-hybridized carbons (Fsp3) is 0.643. The van der Waals surface area contributed by atoms with Gasteiger partial charge in [0.25, 0.3) is 7.52 Å². The second-order valence-corrected chi connectivity index (χ2v) is 8.45. The topological polar surface area (TPSA) is 146 Å². The summed E-state index contributed by atoms with van der Waals surface area (Å²) in [6.07, 6.45) is 1.04. The van der Waals surface area contributed by atoms with Gasteiger partial charge in [0, 0.05) is 6.20 Å². The van der Waals surface area contributed by atoms with E-state index in [-0.39, 0.29) is 31.2 Å². The van der Waals surface area contributed by atoms with Crippen LogP contribution in [0.4, 0.5) is 5.82 Å². The fourth-order valence-electron chi connectivity index (χ4n) is 2.39. The molecule has 0 aromatic carbocycles. The van der Waals surface area contributed by atoms with E-state index in [1.54, 1.807) is 0 Å². The number of aromatic nitrogens is 2. The average Bonchev–Trinajstić information content (AvgIpc) is 2.51. The van der Waals surface area contributed by atoms with Gasteiger partial charge in [-0.25, -0.2) is 9.88 Å². The van der Waals surface area contributed by atoms with Crippen molar-refractivity contribution in [2.24, 2.45) is 5.92 Å². The van der Waals surface area contributed by atoms with Gasteiger partial charge in [-0.3, -0.25) is 13.9 Å². The van der Waals surface area contributed by atoms with E-state index in [0.29, 0.717) is 6.42 Å². The maximum absolute atomic E-state index is 12.6. The molecule has 4 N–H and O–H groups in total. The fourth-order valence-corrected chi connectivity index (χ4v) is 4.12. The molecule has 1 fully saturated rings. The van der Waals surface area contributed by atoms with E-state index in [0.717, 1.165) is 0 Å². The quantitative estimate of drug-likeness (QED) is 0.580. The molecule has 2 rings (SSSR count). The Morgan fingerprint density at radius 2 is 2.32 bits per heavy atom. The molecule has 0 amide bonds. The molecule has 2 heterocycles. The standard InChI is InChI=1S/C14H23N4O6P/c1-9(2)5-11(13(19)20)17-25(22)8-23-10(7-24-25)6-18-4-3-12(15)16-14(18)21/h3-4,9-11H,5-8H2,1-2H3,(H,17,22)(H,19,20)(H2,15,16,21)/t10-,11-,25?/m0/s1. The monoisotopic (exact) mass is 374 g/mol. The van der Waals surface area contributed by atoms with Crippen LogP contribution in [0.5, 0.6) is 0 Å². The van der Waals surface area contributed by atoms with E-state index in [1.165, 1.54) is 16.8 Å². The summed E-state index contributed by atoms with van der Waals surface area (Å²) in [5.74, 6) is -0.849. The number of nitrogens with one attached hydrogen (secondary N) is 1. The number of carboxylic acid groups (broad SMARTS) is 1. The van der Waals surface area contributed by atoms with E-state index in [4.69, 9.17) is 15.0 Å². The van der Waals surface area contributed by atoms with Crippen molar-refractivity contribution < 1.29 is 23.7 Å². The smallest absolute Gasteiger partial charge is 0.349 e. The van der Waals surface area contributed by atoms with Crippen molar-refractivity contribution in [2.75, 3.05) is 18.7 Å². The third-order valence-electron chi connectivity index (χ3n) is 3.60. The van der Waals surface area contributed by atoms with Gasteiger partial charge < -0.3 is 20.1 Å². The molecule has 0 spiro atoms. The van der Waals surface area contributed by atoms with Crippen molar-refractivity contribution in [2.45, 2.75) is 39.0 Å². The van der Waals surface area contributed by atoms with Crippen molar-refractivity contribution in [3.63, 3.8) is 0 Å². The van der Waals surface area contributed by atoms with Gasteiger partial charge in [-0.15, -0.1) is 0 Å². The summed E-state index contributed by atoms with van der Waals surface area (Å²) in [5, 5.41) is 11.8. The Hall–Kier alpha value is -1.74. The Kier molecular flexibility index (Phi) is 6.34. The molecular weight excluding hydrogens is 351 g/mol. The van der Waals surface area contributed by atoms with E-state index in [9.17, 15) is 19.3 Å². The number of aliphatic carboxylic acids is 1. The highest BCUT2D eigenvalue weighted by Crippen LogP contribution is 2.46. The van der Waals surface area contributed by atoms with Gasteiger partial charge in [-0.1, -0.05) is 13.8 Å². The highest BCUT2D eigenvalue weighted by atomic mass is 31.2. The second kappa shape index (κ2) is 8.09. The maximum atomic E-state index is 12.6. The molecule has 3 atom stereocenters. The summed E-state index contributed by atoms with van der Waals surface area (Å²) >= 11 is 0. The van der Waals surface area contributed by atoms with Crippen LogP contribution in [0.15, 0.2) is 17.1 Å². The Labute approximate surface area is 144 Å². The number of hydrogen-bond acceptors (Lipinski definition) is 7. The van der Waals surface area contributed by atoms with Gasteiger partial charge >= 0.3 is 11.7 Å². The third-order valence-corrected chi connectivity index (χ3v) is 5.36. The number of nitrogen functional groups attached to an aromatic ring is 1. The van der Waals surface area contributed by atoms with Gasteiger partial charge in [0.2, 0.25) is 0 Å². The first-order chi connectivity index (χ1) is 11.7. The molecule has 25 heavy (non-hydrogen) atoms. The Morgan fingerprint density at radius 1 is 1.60 bits per heavy atom. The van der Waals surface area contributed by atoms with Crippen molar-refractivity contribution >= 4 is 19.3 Å². The number of nitrogens with two attached hydrogens (primary N) is 1. The molecule has 0 aliphatic carbocycles. The molecular formula is C14H23N4O6P. The van der Waals surface area contributed by atoms with E-state index < -0.39 is 31.3 Å². The second-order valence-electron chi connectivity index (χ2n) is 6.32. The molecule has 1 saturated heterocycles. The van der Waals surface area contributed by atoms with Gasteiger partial charge in [0.05, 0.1) is 13.2 Å². The van der Waals surface area contributed by atoms with Crippen LogP contribution in [0.2, 0.25) is 0 Å². The zero-order chi connectivity index (χ0) is 18.6. The molecule has 1 aromatic rings. The van der Waals surface area contributed by atoms with Crippen LogP contribution in [0.25, 0.3) is 0 Å². The first-order valence-corrected chi connectivity index (χ1v) is 9.68. The molecule has 11 heteroatoms. The predicted octanol–water partition coefficient (Wildman–Crippen LogP) is 0.480. The van der Waals surface area contributed by atoms with Crippen LogP contribution in [-0.4, -0.2) is 45.7 Å². The summed E-state index contributed by atoms with van der Waals surface area (Å²) in [6, 6.07) is 0.510. The lowest BCUT2D eigenvalue weighted by Crippen LogP contribution is -2.41. The summed E-state index contributed by atoms with van der Waals surface area (Å²) in [5.41, 5.74) is 4.91. The number of rotatable bonds is 7. The van der Waals surface area contributed by atoms with Crippen molar-refractivity contribution in [1.29, 1.82) is 0 Å². The normalized spacial score (nSPS) is 25.0. The highest BCUT2D eigenvalue weighted by molar-refractivity contribution is 7.56. The van der Waals surface area contributed by atoms with Crippen molar-refractivity contribution in [1.82, 2.24) is 14.6 Å². The molecule has 1 unspecified atom stereocenters. The molecule has 0 bridgehead atoms. The number of carboxylic acids is 1. The van der Waals surface area contributed by atoms with Crippen LogP contribution in [0.3, 0.4) is 0 Å². The summed E-state index contributed by atoms with van der Waals surface area (Å²) in [7, 11) is -3.42. The Morgan fingerprint density at radius 3 is 2.84 bits per heavy atom. The lowest BCUT2D eigenvalue weighted by Gasteiger charge is -2.31. The maximum Gasteiger partial charge on any atom is 0.349 e. The Balaban J connectivity index is 1.94. The van der Waals surface area contributed by atoms with Crippen molar-refractivity contribution in [3.8, 4) is 0 Å². The summed E-state index contributed by atoms with van der Waals surface area (Å²) < 4.78 is 24.8. The van der Waals surface area contributed by atoms with Gasteiger partial charge in [-0.05, 0) is 18.4 Å². The largest absolute Gasteiger partial charge is 0.480 e. The average molecular weight is 374 g/mol. The number of nitrogens with zero attached hydrogens (tertiary/aromatic N) is 2. The molecule has 1 aliphatic rings. The first-order valence-electron chi connectivity index (χ1n) is 7.87. The van der Waals surface area contributed by atoms with Crippen LogP contribution in [0.1, 0.15) is 20.3 Å². The zero-order valence-electron chi connectivity index (χ0n) is 14.1. The van der Waals surface area contributed by atoms with E-state index in [2.05, 4.69) is 10.1 Å². The SMILES string of the molecule is CC(C)C[C@H](NP1(=O)CO[C@@H](Cn2ccc(N)nc2=O)CO1)C(=O)O. The minimum atomic E-state index is -3.42. The van der Waals surface area contributed by atoms with Crippen LogP contribution in [-0.2, 0) is 25.2 Å². The van der Waals surface area contributed by atoms with Crippen LogP contribution < -0.4 is 16.5 Å². The van der Waals surface area contributed by atoms with Crippen LogP contribution >= 0.6 is 7.52 Å². The summed E-state index contributed by atoms with van der Waals surface area (Å²) in [6.45, 7) is 3.88. The molecule has 0 saturated carbocycles. The highest BCUT2D eigenvalue weighted by Gasteiger charge is 2.36. The van der Waals surface area contributed by atoms with Gasteiger partial charge in [-0.2, -0.15) is 4.98 Å². The lowest BCUT2D eigenvalue weighted by molar-refractivity contribution is -0.139. The first kappa shape index (κ1) is 19.6. The summed E-state index contributed by atoms with van der Waals surface area (Å²) in [4.78, 5) is 26.6. The molecule has 10 nitrogen and oxygen atoms in total. The number of carbonyl (C=O) groups is 1. The minimum absolute atomic E-state index is 0.0326.